The van der Waals surface area contributed by atoms with Crippen molar-refractivity contribution in [2.24, 2.45) is 11.8 Å². The molecule has 1 aromatic heterocycles. The molecule has 5 rings (SSSR count). The summed E-state index contributed by atoms with van der Waals surface area (Å²) in [6, 6.07) is 14.9. The third-order valence-corrected chi connectivity index (χ3v) is 7.11. The van der Waals surface area contributed by atoms with Crippen LogP contribution in [0.1, 0.15) is 51.0 Å². The van der Waals surface area contributed by atoms with Crippen LogP contribution < -0.4 is 4.74 Å². The molecule has 0 N–H and O–H groups in total. The number of hydrogen-bond donors (Lipinski definition) is 0. The smallest absolute Gasteiger partial charge is 0.379 e. The Morgan fingerprint density at radius 2 is 1.72 bits per heavy atom. The maximum atomic E-state index is 13.6. The monoisotopic (exact) mass is 546 g/mol. The summed E-state index contributed by atoms with van der Waals surface area (Å²) in [5.41, 5.74) is 1.22. The van der Waals surface area contributed by atoms with E-state index in [1.54, 1.807) is 18.2 Å². The molecule has 2 atom stereocenters. The predicted octanol–water partition coefficient (Wildman–Crippen LogP) is 4.73. The van der Waals surface area contributed by atoms with E-state index in [1.165, 1.54) is 48.7 Å². The molecule has 0 spiro atoms. The predicted molar refractivity (Wildman–Crippen MR) is 139 cm³/mol. The molecule has 0 unspecified atom stereocenters. The molecule has 2 aliphatic rings. The van der Waals surface area contributed by atoms with Crippen LogP contribution in [0.15, 0.2) is 83.0 Å². The molecule has 9 nitrogen and oxygen atoms in total. The van der Waals surface area contributed by atoms with Crippen molar-refractivity contribution in [2.75, 3.05) is 6.54 Å². The van der Waals surface area contributed by atoms with E-state index in [9.17, 15) is 24.0 Å². The van der Waals surface area contributed by atoms with Crippen LogP contribution in [-0.2, 0) is 9.59 Å². The number of carbonyl (C=O) groups excluding carboxylic acids is 5. The number of amides is 3. The highest BCUT2D eigenvalue weighted by atomic mass is 35.5. The van der Waals surface area contributed by atoms with E-state index in [0.717, 1.165) is 15.6 Å². The minimum atomic E-state index is -0.747. The Balaban J connectivity index is 1.40. The molecule has 0 saturated carbocycles. The number of benzene rings is 2. The van der Waals surface area contributed by atoms with E-state index >= 15 is 0 Å². The molecule has 2 aromatic carbocycles. The first-order valence-electron chi connectivity index (χ1n) is 12.2. The van der Waals surface area contributed by atoms with Gasteiger partial charge in [-0.1, -0.05) is 35.4 Å². The van der Waals surface area contributed by atoms with E-state index in [2.05, 4.69) is 0 Å². The van der Waals surface area contributed by atoms with Crippen LogP contribution in [0.25, 0.3) is 0 Å². The van der Waals surface area contributed by atoms with Crippen LogP contribution in [0.4, 0.5) is 0 Å². The summed E-state index contributed by atoms with van der Waals surface area (Å²) in [4.78, 5) is 65.8. The molecule has 0 bridgehead atoms. The zero-order chi connectivity index (χ0) is 27.7. The van der Waals surface area contributed by atoms with Crippen molar-refractivity contribution >= 4 is 41.1 Å². The number of rotatable bonds is 7. The van der Waals surface area contributed by atoms with Gasteiger partial charge in [-0.2, -0.15) is 5.01 Å². The average Bonchev–Trinajstić information content (AvgIpc) is 3.55. The van der Waals surface area contributed by atoms with Gasteiger partial charge in [0.05, 0.1) is 28.7 Å². The number of ketones is 1. The number of hydrazine groups is 1. The second-order valence-corrected chi connectivity index (χ2v) is 9.76. The first kappa shape index (κ1) is 26.1. The van der Waals surface area contributed by atoms with E-state index in [1.807, 2.05) is 13.0 Å². The topological polar surface area (TPSA) is 114 Å². The van der Waals surface area contributed by atoms with Gasteiger partial charge in [-0.25, -0.2) is 9.80 Å². The van der Waals surface area contributed by atoms with E-state index in [4.69, 9.17) is 20.8 Å². The molecule has 198 valence electrons. The minimum absolute atomic E-state index is 0.0230. The van der Waals surface area contributed by atoms with Crippen molar-refractivity contribution < 1.29 is 33.1 Å². The fourth-order valence-corrected chi connectivity index (χ4v) is 4.97. The molecular weight excluding hydrogens is 524 g/mol. The lowest BCUT2D eigenvalue weighted by Crippen LogP contribution is -2.52. The standard InChI is InChI=1S/C29H23ClN2O7/c1-17-8-13-20-22(15-17)28(36)32(27(20)35)31(26(34)21-5-2-3-6-23(21)30)16-24(33)18-9-11-19(12-10-18)39-29(37)25-7-4-14-38-25/h2-12,14,20,22H,13,15-16H2,1H3/t20-,22+/m1/s1. The first-order valence-corrected chi connectivity index (χ1v) is 12.6. The summed E-state index contributed by atoms with van der Waals surface area (Å²) < 4.78 is 10.2. The van der Waals surface area contributed by atoms with Gasteiger partial charge in [-0.15, -0.1) is 0 Å². The highest BCUT2D eigenvalue weighted by molar-refractivity contribution is 6.34. The number of nitrogens with zero attached hydrogens (tertiary/aromatic N) is 2. The Hall–Kier alpha value is -4.50. The van der Waals surface area contributed by atoms with Crippen LogP contribution in [0.3, 0.4) is 0 Å². The van der Waals surface area contributed by atoms with Crippen LogP contribution in [0, 0.1) is 11.8 Å². The number of imide groups is 1. The molecule has 10 heteroatoms. The number of furan rings is 1. The molecule has 0 radical (unpaired) electrons. The number of ether oxygens (including phenoxy) is 1. The number of esters is 1. The minimum Gasteiger partial charge on any atom is -0.457 e. The Morgan fingerprint density at radius 3 is 2.41 bits per heavy atom. The largest absolute Gasteiger partial charge is 0.457 e. The van der Waals surface area contributed by atoms with Crippen LogP contribution in [0.5, 0.6) is 5.75 Å². The quantitative estimate of drug-likeness (QED) is 0.138. The van der Waals surface area contributed by atoms with Gasteiger partial charge in [0.2, 0.25) is 5.76 Å². The van der Waals surface area contributed by atoms with Crippen LogP contribution in [0.2, 0.25) is 5.02 Å². The van der Waals surface area contributed by atoms with Gasteiger partial charge < -0.3 is 9.15 Å². The fraction of sp³-hybridized carbons (Fsp3) is 0.207. The normalized spacial score (nSPS) is 18.4. The summed E-state index contributed by atoms with van der Waals surface area (Å²) in [6.07, 6.45) is 4.06. The number of halogens is 1. The highest BCUT2D eigenvalue weighted by Gasteiger charge is 2.51. The van der Waals surface area contributed by atoms with Crippen molar-refractivity contribution in [1.82, 2.24) is 10.0 Å². The SMILES string of the molecule is CC1=CC[C@H]2C(=O)N(N(CC(=O)c3ccc(OC(=O)c4ccco4)cc3)C(=O)c3ccccc3Cl)C(=O)[C@H]2C1. The average molecular weight is 547 g/mol. The first-order chi connectivity index (χ1) is 18.7. The van der Waals surface area contributed by atoms with Gasteiger partial charge in [0.1, 0.15) is 12.3 Å². The molecule has 1 aliphatic carbocycles. The van der Waals surface area contributed by atoms with Crippen molar-refractivity contribution in [3.63, 3.8) is 0 Å². The molecule has 3 amide bonds. The van der Waals surface area contributed by atoms with Crippen molar-refractivity contribution in [2.45, 2.75) is 19.8 Å². The van der Waals surface area contributed by atoms with Gasteiger partial charge in [0.15, 0.2) is 5.78 Å². The Morgan fingerprint density at radius 1 is 1.00 bits per heavy atom. The maximum Gasteiger partial charge on any atom is 0.379 e. The summed E-state index contributed by atoms with van der Waals surface area (Å²) >= 11 is 6.26. The number of carbonyl (C=O) groups is 5. The molecule has 1 fully saturated rings. The second kappa shape index (κ2) is 10.7. The van der Waals surface area contributed by atoms with Crippen molar-refractivity contribution in [1.29, 1.82) is 0 Å². The van der Waals surface area contributed by atoms with Gasteiger partial charge >= 0.3 is 5.97 Å². The van der Waals surface area contributed by atoms with Gasteiger partial charge in [0, 0.05) is 5.56 Å². The van der Waals surface area contributed by atoms with Crippen molar-refractivity contribution in [3.8, 4) is 5.75 Å². The Bertz CT molecular complexity index is 1490. The zero-order valence-corrected chi connectivity index (χ0v) is 21.6. The number of allylic oxidation sites excluding steroid dienone is 2. The van der Waals surface area contributed by atoms with E-state index < -0.39 is 47.9 Å². The third kappa shape index (κ3) is 5.13. The number of Topliss-reactive ketones (excluding diaryl/α,β-unsaturated/α-hetero) is 1. The lowest BCUT2D eigenvalue weighted by atomic mass is 9.82. The highest BCUT2D eigenvalue weighted by Crippen LogP contribution is 2.39. The second-order valence-electron chi connectivity index (χ2n) is 9.35. The molecule has 1 aliphatic heterocycles. The molecule has 1 saturated heterocycles. The summed E-state index contributed by atoms with van der Waals surface area (Å²) in [7, 11) is 0. The number of fused-ring (bicyclic) bond motifs is 1. The van der Waals surface area contributed by atoms with Crippen molar-refractivity contribution in [3.05, 3.63) is 100 Å². The summed E-state index contributed by atoms with van der Waals surface area (Å²) in [6.45, 7) is 1.31. The fourth-order valence-electron chi connectivity index (χ4n) is 4.75. The lowest BCUT2D eigenvalue weighted by molar-refractivity contribution is -0.154. The Kier molecular flexibility index (Phi) is 7.17. The van der Waals surface area contributed by atoms with Gasteiger partial charge in [-0.3, -0.25) is 19.2 Å². The maximum absolute atomic E-state index is 13.6. The zero-order valence-electron chi connectivity index (χ0n) is 20.8. The summed E-state index contributed by atoms with van der Waals surface area (Å²) in [5, 5.41) is 1.81. The molecule has 2 heterocycles. The van der Waals surface area contributed by atoms with E-state index in [0.29, 0.717) is 12.8 Å². The summed E-state index contributed by atoms with van der Waals surface area (Å²) in [5.74, 6) is -4.03. The van der Waals surface area contributed by atoms with Crippen LogP contribution >= 0.6 is 11.6 Å². The van der Waals surface area contributed by atoms with Gasteiger partial charge in [-0.05, 0) is 68.3 Å². The molecular formula is C29H23ClN2O7. The lowest BCUT2D eigenvalue weighted by Gasteiger charge is -2.30. The van der Waals surface area contributed by atoms with E-state index in [-0.39, 0.29) is 27.7 Å². The molecule has 3 aromatic rings. The third-order valence-electron chi connectivity index (χ3n) is 6.78. The van der Waals surface area contributed by atoms with Gasteiger partial charge in [0.25, 0.3) is 17.7 Å². The molecule has 39 heavy (non-hydrogen) atoms. The number of hydrogen-bond acceptors (Lipinski definition) is 7. The van der Waals surface area contributed by atoms with Crippen LogP contribution in [-0.4, -0.2) is 46.0 Å². The Labute approximate surface area is 228 Å².